The van der Waals surface area contributed by atoms with E-state index in [-0.39, 0.29) is 0 Å². The maximum Gasteiger partial charge on any atom is 0.160 e. The second-order valence-corrected chi connectivity index (χ2v) is 4.13. The van der Waals surface area contributed by atoms with Gasteiger partial charge in [0.05, 0.1) is 6.04 Å². The van der Waals surface area contributed by atoms with Crippen molar-refractivity contribution in [1.82, 2.24) is 19.5 Å². The molecule has 15 heavy (non-hydrogen) atoms. The van der Waals surface area contributed by atoms with Crippen LogP contribution in [0, 0.1) is 0 Å². The van der Waals surface area contributed by atoms with Gasteiger partial charge in [-0.15, -0.1) is 10.2 Å². The topological polar surface area (TPSA) is 33.4 Å². The van der Waals surface area contributed by atoms with Gasteiger partial charge in [-0.25, -0.2) is 0 Å². The normalized spacial score (nSPS) is 22.6. The van der Waals surface area contributed by atoms with Gasteiger partial charge in [0.2, 0.25) is 0 Å². The maximum absolute atomic E-state index is 4.30. The van der Waals surface area contributed by atoms with Crippen molar-refractivity contribution in [3.63, 3.8) is 0 Å². The number of rotatable bonds is 1. The van der Waals surface area contributed by atoms with Crippen molar-refractivity contribution >= 4 is 5.65 Å². The molecule has 0 radical (unpaired) electrons. The molecule has 0 saturated carbocycles. The number of hydrogen-bond donors (Lipinski definition) is 0. The van der Waals surface area contributed by atoms with Crippen molar-refractivity contribution in [2.24, 2.45) is 0 Å². The van der Waals surface area contributed by atoms with E-state index in [0.717, 1.165) is 18.0 Å². The summed E-state index contributed by atoms with van der Waals surface area (Å²) >= 11 is 0. The average molecular weight is 202 g/mol. The summed E-state index contributed by atoms with van der Waals surface area (Å²) in [5, 5.41) is 8.48. The lowest BCUT2D eigenvalue weighted by atomic mass is 10.2. The molecule has 3 rings (SSSR count). The Labute approximate surface area is 88.5 Å². The van der Waals surface area contributed by atoms with E-state index in [1.54, 1.807) is 0 Å². The molecule has 0 spiro atoms. The van der Waals surface area contributed by atoms with E-state index in [4.69, 9.17) is 0 Å². The van der Waals surface area contributed by atoms with Gasteiger partial charge >= 0.3 is 0 Å². The molecule has 0 bridgehead atoms. The fraction of sp³-hybridized carbons (Fsp3) is 0.455. The summed E-state index contributed by atoms with van der Waals surface area (Å²) in [5.41, 5.74) is 0.938. The number of nitrogens with zero attached hydrogens (tertiary/aromatic N) is 4. The number of hydrogen-bond acceptors (Lipinski definition) is 3. The Bertz CT molecular complexity index is 476. The monoisotopic (exact) mass is 202 g/mol. The molecule has 1 aliphatic heterocycles. The molecule has 2 aromatic rings. The highest BCUT2D eigenvalue weighted by Gasteiger charge is 2.26. The maximum atomic E-state index is 4.30. The Balaban J connectivity index is 2.10. The third-order valence-electron chi connectivity index (χ3n) is 3.16. The van der Waals surface area contributed by atoms with Gasteiger partial charge in [-0.2, -0.15) is 0 Å². The summed E-state index contributed by atoms with van der Waals surface area (Å²) in [5.74, 6) is 1.07. The number of pyridine rings is 1. The average Bonchev–Trinajstić information content (AvgIpc) is 2.83. The van der Waals surface area contributed by atoms with Gasteiger partial charge in [-0.05, 0) is 38.6 Å². The molecule has 1 aliphatic rings. The molecule has 1 saturated heterocycles. The molecule has 0 N–H and O–H groups in total. The molecule has 0 amide bonds. The predicted octanol–water partition coefficient (Wildman–Crippen LogP) is 1.50. The standard InChI is InChI=1S/C11H14N4/c1-14-7-4-5-9(14)11-13-12-10-6-2-3-8-15(10)11/h2-3,6,8-9H,4-5,7H2,1H3. The van der Waals surface area contributed by atoms with Gasteiger partial charge in [0, 0.05) is 6.20 Å². The minimum absolute atomic E-state index is 0.433. The molecular weight excluding hydrogens is 188 g/mol. The largest absolute Gasteiger partial charge is 0.296 e. The second-order valence-electron chi connectivity index (χ2n) is 4.13. The summed E-state index contributed by atoms with van der Waals surface area (Å²) in [6.07, 6.45) is 4.48. The van der Waals surface area contributed by atoms with Crippen LogP contribution in [-0.2, 0) is 0 Å². The van der Waals surface area contributed by atoms with Crippen LogP contribution >= 0.6 is 0 Å². The SMILES string of the molecule is CN1CCCC1c1nnc2ccccn12. The summed E-state index contributed by atoms with van der Waals surface area (Å²) in [6, 6.07) is 6.44. The van der Waals surface area contributed by atoms with E-state index >= 15 is 0 Å². The first-order chi connectivity index (χ1) is 7.36. The van der Waals surface area contributed by atoms with Gasteiger partial charge < -0.3 is 0 Å². The van der Waals surface area contributed by atoms with Crippen LogP contribution in [0.1, 0.15) is 24.7 Å². The van der Waals surface area contributed by atoms with Crippen molar-refractivity contribution in [2.75, 3.05) is 13.6 Å². The van der Waals surface area contributed by atoms with Gasteiger partial charge in [0.15, 0.2) is 11.5 Å². The zero-order chi connectivity index (χ0) is 10.3. The van der Waals surface area contributed by atoms with E-state index in [2.05, 4.69) is 26.5 Å². The summed E-state index contributed by atoms with van der Waals surface area (Å²) in [7, 11) is 2.15. The van der Waals surface area contributed by atoms with Crippen molar-refractivity contribution in [2.45, 2.75) is 18.9 Å². The lowest BCUT2D eigenvalue weighted by molar-refractivity contribution is 0.304. The van der Waals surface area contributed by atoms with Gasteiger partial charge in [0.1, 0.15) is 0 Å². The Morgan fingerprint density at radius 1 is 1.33 bits per heavy atom. The molecule has 0 aliphatic carbocycles. The zero-order valence-electron chi connectivity index (χ0n) is 8.80. The van der Waals surface area contributed by atoms with E-state index < -0.39 is 0 Å². The molecule has 4 nitrogen and oxygen atoms in total. The Morgan fingerprint density at radius 2 is 2.27 bits per heavy atom. The minimum atomic E-state index is 0.433. The molecule has 1 atom stereocenters. The molecule has 0 aromatic carbocycles. The van der Waals surface area contributed by atoms with E-state index in [1.165, 1.54) is 12.8 Å². The summed E-state index contributed by atoms with van der Waals surface area (Å²) < 4.78 is 2.09. The van der Waals surface area contributed by atoms with Crippen molar-refractivity contribution in [1.29, 1.82) is 0 Å². The fourth-order valence-corrected chi connectivity index (χ4v) is 2.32. The highest BCUT2D eigenvalue weighted by atomic mass is 15.3. The molecule has 1 unspecified atom stereocenters. The zero-order valence-corrected chi connectivity index (χ0v) is 8.80. The highest BCUT2D eigenvalue weighted by molar-refractivity contribution is 5.37. The lowest BCUT2D eigenvalue weighted by Gasteiger charge is -2.17. The minimum Gasteiger partial charge on any atom is -0.296 e. The molecular formula is C11H14N4. The Hall–Kier alpha value is -1.42. The Morgan fingerprint density at radius 3 is 3.07 bits per heavy atom. The molecule has 2 aromatic heterocycles. The van der Waals surface area contributed by atoms with Crippen LogP contribution in [0.2, 0.25) is 0 Å². The van der Waals surface area contributed by atoms with Gasteiger partial charge in [-0.1, -0.05) is 6.07 Å². The lowest BCUT2D eigenvalue weighted by Crippen LogP contribution is -2.19. The van der Waals surface area contributed by atoms with Crippen molar-refractivity contribution < 1.29 is 0 Å². The summed E-state index contributed by atoms with van der Waals surface area (Å²) in [4.78, 5) is 2.35. The molecule has 4 heteroatoms. The fourth-order valence-electron chi connectivity index (χ4n) is 2.32. The molecule has 3 heterocycles. The first-order valence-electron chi connectivity index (χ1n) is 5.36. The van der Waals surface area contributed by atoms with Gasteiger partial charge in [-0.3, -0.25) is 9.30 Å². The van der Waals surface area contributed by atoms with Gasteiger partial charge in [0.25, 0.3) is 0 Å². The van der Waals surface area contributed by atoms with Crippen LogP contribution in [0.3, 0.4) is 0 Å². The van der Waals surface area contributed by atoms with Crippen LogP contribution in [-0.4, -0.2) is 33.1 Å². The van der Waals surface area contributed by atoms with E-state index in [9.17, 15) is 0 Å². The van der Waals surface area contributed by atoms with Crippen LogP contribution in [0.4, 0.5) is 0 Å². The van der Waals surface area contributed by atoms with Crippen LogP contribution in [0.25, 0.3) is 5.65 Å². The van der Waals surface area contributed by atoms with Crippen LogP contribution in [0.5, 0.6) is 0 Å². The number of aromatic nitrogens is 3. The molecule has 1 fully saturated rings. The predicted molar refractivity (Wildman–Crippen MR) is 57.6 cm³/mol. The smallest absolute Gasteiger partial charge is 0.160 e. The molecule has 78 valence electrons. The Kier molecular flexibility index (Phi) is 1.95. The number of fused-ring (bicyclic) bond motifs is 1. The van der Waals surface area contributed by atoms with E-state index in [1.807, 2.05) is 24.4 Å². The third-order valence-corrected chi connectivity index (χ3v) is 3.16. The van der Waals surface area contributed by atoms with Crippen LogP contribution < -0.4 is 0 Å². The van der Waals surface area contributed by atoms with Crippen molar-refractivity contribution in [3.05, 3.63) is 30.2 Å². The second kappa shape index (κ2) is 3.31. The quantitative estimate of drug-likeness (QED) is 0.702. The first-order valence-corrected chi connectivity index (χ1v) is 5.36. The van der Waals surface area contributed by atoms with Crippen LogP contribution in [0.15, 0.2) is 24.4 Å². The number of likely N-dealkylation sites (tertiary alicyclic amines) is 1. The first kappa shape index (κ1) is 8.85. The summed E-state index contributed by atoms with van der Waals surface area (Å²) in [6.45, 7) is 1.16. The third kappa shape index (κ3) is 1.33. The highest BCUT2D eigenvalue weighted by Crippen LogP contribution is 2.28. The van der Waals surface area contributed by atoms with E-state index in [0.29, 0.717) is 6.04 Å². The van der Waals surface area contributed by atoms with Crippen molar-refractivity contribution in [3.8, 4) is 0 Å².